The Labute approximate surface area is 129 Å². The maximum atomic E-state index is 10.4. The monoisotopic (exact) mass is 302 g/mol. The maximum absolute atomic E-state index is 10.4. The third-order valence-electron chi connectivity index (χ3n) is 3.94. The lowest BCUT2D eigenvalue weighted by molar-refractivity contribution is 0.452. The van der Waals surface area contributed by atoms with Gasteiger partial charge in [0, 0.05) is 17.0 Å². The number of hydrogen-bond donors (Lipinski definition) is 2. The first-order chi connectivity index (χ1) is 9.85. The first kappa shape index (κ1) is 15.9. The first-order valence-electron chi connectivity index (χ1n) is 7.15. The Balaban J connectivity index is 2.66. The van der Waals surface area contributed by atoms with E-state index in [1.165, 1.54) is 0 Å². The van der Waals surface area contributed by atoms with Gasteiger partial charge in [-0.1, -0.05) is 35.4 Å². The van der Waals surface area contributed by atoms with E-state index >= 15 is 0 Å². The van der Waals surface area contributed by atoms with E-state index in [0.29, 0.717) is 11.5 Å². The minimum Gasteiger partial charge on any atom is -0.507 e. The zero-order chi connectivity index (χ0) is 15.7. The maximum Gasteiger partial charge on any atom is 0.122 e. The minimum absolute atomic E-state index is 0.0350. The zero-order valence-corrected chi connectivity index (χ0v) is 14.2. The van der Waals surface area contributed by atoms with Crippen LogP contribution in [0.1, 0.15) is 39.3 Å². The van der Waals surface area contributed by atoms with Crippen molar-refractivity contribution in [2.75, 3.05) is 6.16 Å². The van der Waals surface area contributed by atoms with Crippen molar-refractivity contribution < 1.29 is 10.2 Å². The van der Waals surface area contributed by atoms with E-state index < -0.39 is 0 Å². The van der Waals surface area contributed by atoms with Crippen LogP contribution < -0.4 is 0 Å². The van der Waals surface area contributed by atoms with E-state index in [9.17, 15) is 10.2 Å². The lowest BCUT2D eigenvalue weighted by Gasteiger charge is -2.21. The Morgan fingerprint density at radius 1 is 0.810 bits per heavy atom. The normalized spacial score (nSPS) is 11.1. The molecule has 0 aliphatic rings. The van der Waals surface area contributed by atoms with Crippen LogP contribution in [0.3, 0.4) is 0 Å². The van der Waals surface area contributed by atoms with Crippen molar-refractivity contribution in [1.82, 2.24) is 0 Å². The summed E-state index contributed by atoms with van der Waals surface area (Å²) < 4.78 is 0. The molecule has 0 aliphatic heterocycles. The molecule has 2 aromatic carbocycles. The summed E-state index contributed by atoms with van der Waals surface area (Å²) in [4.78, 5) is 0. The van der Waals surface area contributed by atoms with Gasteiger partial charge in [0.05, 0.1) is 0 Å². The Hall–Kier alpha value is -1.53. The van der Waals surface area contributed by atoms with E-state index in [2.05, 4.69) is 9.24 Å². The van der Waals surface area contributed by atoms with Crippen molar-refractivity contribution in [2.45, 2.75) is 33.6 Å². The van der Waals surface area contributed by atoms with E-state index in [1.807, 2.05) is 52.0 Å². The molecule has 0 radical (unpaired) electrons. The fourth-order valence-electron chi connectivity index (χ4n) is 2.94. The minimum atomic E-state index is -0.0350. The molecule has 1 unspecified atom stereocenters. The number of aromatic hydroxyl groups is 2. The van der Waals surface area contributed by atoms with Crippen LogP contribution in [0.25, 0.3) is 0 Å². The molecule has 1 atom stereocenters. The molecular weight excluding hydrogens is 279 g/mol. The second kappa shape index (κ2) is 6.07. The van der Waals surface area contributed by atoms with Gasteiger partial charge in [-0.25, -0.2) is 0 Å². The average Bonchev–Trinajstić information content (AvgIpc) is 2.41. The van der Waals surface area contributed by atoms with Crippen LogP contribution in [0.15, 0.2) is 24.3 Å². The summed E-state index contributed by atoms with van der Waals surface area (Å²) >= 11 is 0. The lowest BCUT2D eigenvalue weighted by Crippen LogP contribution is -2.06. The molecule has 2 aromatic rings. The van der Waals surface area contributed by atoms with Crippen molar-refractivity contribution in [3.05, 3.63) is 57.6 Å². The predicted octanol–water partition coefficient (Wildman–Crippen LogP) is 4.34. The highest BCUT2D eigenvalue weighted by atomic mass is 31.0. The molecule has 0 saturated carbocycles. The lowest BCUT2D eigenvalue weighted by atomic mass is 9.87. The number of hydrogen-bond acceptors (Lipinski definition) is 2. The van der Waals surface area contributed by atoms with Gasteiger partial charge in [-0.15, -0.1) is 9.24 Å². The predicted molar refractivity (Wildman–Crippen MR) is 91.6 cm³/mol. The molecule has 0 spiro atoms. The van der Waals surface area contributed by atoms with Gasteiger partial charge >= 0.3 is 0 Å². The van der Waals surface area contributed by atoms with E-state index in [0.717, 1.165) is 39.5 Å². The van der Waals surface area contributed by atoms with E-state index in [4.69, 9.17) is 0 Å². The first-order valence-corrected chi connectivity index (χ1v) is 7.97. The van der Waals surface area contributed by atoms with Gasteiger partial charge in [0.1, 0.15) is 11.5 Å². The van der Waals surface area contributed by atoms with Crippen LogP contribution >= 0.6 is 9.24 Å². The highest BCUT2D eigenvalue weighted by Crippen LogP contribution is 2.40. The van der Waals surface area contributed by atoms with Crippen molar-refractivity contribution in [1.29, 1.82) is 0 Å². The van der Waals surface area contributed by atoms with Gasteiger partial charge in [0.15, 0.2) is 0 Å². The van der Waals surface area contributed by atoms with Gasteiger partial charge in [-0.3, -0.25) is 0 Å². The Kier molecular flexibility index (Phi) is 4.58. The van der Waals surface area contributed by atoms with Crippen molar-refractivity contribution >= 4 is 9.24 Å². The molecule has 0 saturated heterocycles. The van der Waals surface area contributed by atoms with Gasteiger partial charge in [0.2, 0.25) is 0 Å². The summed E-state index contributed by atoms with van der Waals surface area (Å²) in [6.07, 6.45) is 0.743. The van der Waals surface area contributed by atoms with Gasteiger partial charge < -0.3 is 10.2 Å². The van der Waals surface area contributed by atoms with Gasteiger partial charge in [-0.05, 0) is 45.0 Å². The largest absolute Gasteiger partial charge is 0.507 e. The number of aryl methyl sites for hydroxylation is 4. The smallest absolute Gasteiger partial charge is 0.122 e. The van der Waals surface area contributed by atoms with Crippen LogP contribution in [0.2, 0.25) is 0 Å². The summed E-state index contributed by atoms with van der Waals surface area (Å²) in [6.45, 7) is 7.87. The van der Waals surface area contributed by atoms with Gasteiger partial charge in [0.25, 0.3) is 0 Å². The molecule has 0 bridgehead atoms. The zero-order valence-electron chi connectivity index (χ0n) is 13.1. The van der Waals surface area contributed by atoms with Crippen molar-refractivity contribution in [3.63, 3.8) is 0 Å². The number of phenols is 2. The third kappa shape index (κ3) is 3.06. The van der Waals surface area contributed by atoms with Crippen LogP contribution in [0, 0.1) is 27.7 Å². The standard InChI is InChI=1S/C18H23O2P/c1-10-5-12(3)17(19)14(7-10)16(9-21)15-8-11(2)6-13(4)18(15)20/h5-8,16,19-20H,9,21H2,1-4H3. The molecular formula is C18H23O2P. The Morgan fingerprint density at radius 3 is 1.52 bits per heavy atom. The summed E-state index contributed by atoms with van der Waals surface area (Å²) in [5.74, 6) is 0.616. The molecule has 2 nitrogen and oxygen atoms in total. The number of phenolic OH excluding ortho intramolecular Hbond substituents is 2. The number of benzene rings is 2. The molecule has 0 aliphatic carbocycles. The number of rotatable bonds is 3. The topological polar surface area (TPSA) is 40.5 Å². The highest BCUT2D eigenvalue weighted by Gasteiger charge is 2.21. The quantitative estimate of drug-likeness (QED) is 0.828. The molecule has 0 heterocycles. The SMILES string of the molecule is Cc1cc(C)c(O)c(C(CP)c2cc(C)cc(C)c2O)c1. The fourth-order valence-corrected chi connectivity index (χ4v) is 3.45. The molecule has 21 heavy (non-hydrogen) atoms. The Morgan fingerprint density at radius 2 is 1.19 bits per heavy atom. The molecule has 0 aromatic heterocycles. The third-order valence-corrected chi connectivity index (χ3v) is 4.41. The summed E-state index contributed by atoms with van der Waals surface area (Å²) in [6, 6.07) is 7.96. The van der Waals surface area contributed by atoms with E-state index in [-0.39, 0.29) is 5.92 Å². The second-order valence-electron chi connectivity index (χ2n) is 5.83. The van der Waals surface area contributed by atoms with Crippen LogP contribution in [-0.4, -0.2) is 16.4 Å². The molecule has 0 fully saturated rings. The second-order valence-corrected chi connectivity index (χ2v) is 6.30. The fraction of sp³-hybridized carbons (Fsp3) is 0.333. The summed E-state index contributed by atoms with van der Waals surface area (Å²) in [7, 11) is 2.73. The van der Waals surface area contributed by atoms with Crippen LogP contribution in [-0.2, 0) is 0 Å². The molecule has 112 valence electrons. The Bertz CT molecular complexity index is 620. The van der Waals surface area contributed by atoms with Crippen LogP contribution in [0.5, 0.6) is 11.5 Å². The molecule has 3 heteroatoms. The van der Waals surface area contributed by atoms with Gasteiger partial charge in [-0.2, -0.15) is 0 Å². The van der Waals surface area contributed by atoms with Crippen LogP contribution in [0.4, 0.5) is 0 Å². The summed E-state index contributed by atoms with van der Waals surface area (Å²) in [5.41, 5.74) is 5.74. The highest BCUT2D eigenvalue weighted by molar-refractivity contribution is 7.16. The van der Waals surface area contributed by atoms with Crippen molar-refractivity contribution in [3.8, 4) is 11.5 Å². The molecule has 0 amide bonds. The van der Waals surface area contributed by atoms with E-state index in [1.54, 1.807) is 0 Å². The molecule has 2 N–H and O–H groups in total. The molecule has 2 rings (SSSR count). The average molecular weight is 302 g/mol. The summed E-state index contributed by atoms with van der Waals surface area (Å²) in [5, 5.41) is 20.8. The van der Waals surface area contributed by atoms with Crippen molar-refractivity contribution in [2.24, 2.45) is 0 Å².